The van der Waals surface area contributed by atoms with Gasteiger partial charge in [-0.2, -0.15) is 9.50 Å². The fraction of sp³-hybridized carbons (Fsp3) is 0.0833. The van der Waals surface area contributed by atoms with Gasteiger partial charge in [-0.3, -0.25) is 4.79 Å². The Kier molecular flexibility index (Phi) is 5.53. The van der Waals surface area contributed by atoms with Gasteiger partial charge in [-0.1, -0.05) is 47.2 Å². The summed E-state index contributed by atoms with van der Waals surface area (Å²) in [6, 6.07) is 17.7. The lowest BCUT2D eigenvalue weighted by Crippen LogP contribution is -2.23. The second-order valence-electron chi connectivity index (χ2n) is 7.06. The quantitative estimate of drug-likeness (QED) is 0.347. The number of furan rings is 1. The van der Waals surface area contributed by atoms with Crippen LogP contribution in [0.25, 0.3) is 33.7 Å². The van der Waals surface area contributed by atoms with Gasteiger partial charge in [0.2, 0.25) is 4.96 Å². The zero-order chi connectivity index (χ0) is 22.9. The molecule has 3 heterocycles. The molecule has 0 saturated heterocycles. The molecule has 0 atom stereocenters. The van der Waals surface area contributed by atoms with Gasteiger partial charge in [0.1, 0.15) is 16.1 Å². The highest BCUT2D eigenvalue weighted by molar-refractivity contribution is 7.15. The van der Waals surface area contributed by atoms with Crippen LogP contribution in [0, 0.1) is 0 Å². The highest BCUT2D eigenvalue weighted by atomic mass is 35.5. The van der Waals surface area contributed by atoms with E-state index in [0.717, 1.165) is 11.1 Å². The van der Waals surface area contributed by atoms with E-state index >= 15 is 0 Å². The van der Waals surface area contributed by atoms with Gasteiger partial charge < -0.3 is 9.15 Å². The lowest BCUT2D eigenvalue weighted by atomic mass is 10.1. The number of carbonyl (C=O) groups excluding carboxylic acids is 1. The Labute approximate surface area is 196 Å². The number of hydrogen-bond acceptors (Lipinski definition) is 7. The second-order valence-corrected chi connectivity index (χ2v) is 8.50. The van der Waals surface area contributed by atoms with Crippen LogP contribution < -0.4 is 10.1 Å². The largest absolute Gasteiger partial charge is 0.462 e. The van der Waals surface area contributed by atoms with Crippen LogP contribution >= 0.6 is 22.9 Å². The first kappa shape index (κ1) is 21.1. The molecule has 0 aliphatic carbocycles. The molecule has 5 rings (SSSR count). The number of nitrogens with zero attached hydrogens (tertiary/aromatic N) is 3. The highest BCUT2D eigenvalue weighted by Crippen LogP contribution is 2.24. The smallest absolute Gasteiger partial charge is 0.338 e. The molecule has 0 fully saturated rings. The first-order valence-corrected chi connectivity index (χ1v) is 11.3. The zero-order valence-electron chi connectivity index (χ0n) is 17.3. The number of thiazole rings is 1. The van der Waals surface area contributed by atoms with Gasteiger partial charge in [0.15, 0.2) is 5.82 Å². The van der Waals surface area contributed by atoms with Crippen molar-refractivity contribution in [1.29, 1.82) is 0 Å². The Morgan fingerprint density at radius 3 is 2.70 bits per heavy atom. The Morgan fingerprint density at radius 2 is 1.97 bits per heavy atom. The number of hydrogen-bond donors (Lipinski definition) is 0. The third kappa shape index (κ3) is 4.18. The van der Waals surface area contributed by atoms with Crippen LogP contribution in [0.1, 0.15) is 23.0 Å². The minimum Gasteiger partial charge on any atom is -0.462 e. The molecule has 0 N–H and O–H groups in total. The fourth-order valence-electron chi connectivity index (χ4n) is 3.28. The van der Waals surface area contributed by atoms with Crippen molar-refractivity contribution in [2.75, 3.05) is 6.61 Å². The molecular formula is C24H16ClN3O4S. The van der Waals surface area contributed by atoms with Gasteiger partial charge in [0.05, 0.1) is 12.2 Å². The Morgan fingerprint density at radius 1 is 1.15 bits per heavy atom. The van der Waals surface area contributed by atoms with Crippen LogP contribution in [0.4, 0.5) is 0 Å². The van der Waals surface area contributed by atoms with Crippen molar-refractivity contribution >= 4 is 39.9 Å². The summed E-state index contributed by atoms with van der Waals surface area (Å²) in [5.74, 6) is 1.22. The number of esters is 1. The number of fused-ring (bicyclic) bond motifs is 1. The van der Waals surface area contributed by atoms with E-state index in [1.54, 1.807) is 55.5 Å². The second kappa shape index (κ2) is 8.65. The van der Waals surface area contributed by atoms with Gasteiger partial charge in [-0.25, -0.2) is 4.79 Å². The molecule has 3 aromatic heterocycles. The average molecular weight is 478 g/mol. The minimum atomic E-state index is -0.365. The van der Waals surface area contributed by atoms with Crippen molar-refractivity contribution in [3.63, 3.8) is 0 Å². The first-order chi connectivity index (χ1) is 16.0. The van der Waals surface area contributed by atoms with Gasteiger partial charge in [0, 0.05) is 22.2 Å². The SMILES string of the molecule is CCOC(=O)c1ccc(-c2ccc(C=c3sc4nc(-c5cccc(Cl)c5)nn4c3=O)o2)cc1. The van der Waals surface area contributed by atoms with Crippen molar-refractivity contribution in [2.45, 2.75) is 6.92 Å². The van der Waals surface area contributed by atoms with Crippen LogP contribution in [-0.4, -0.2) is 27.2 Å². The molecule has 9 heteroatoms. The Balaban J connectivity index is 1.43. The summed E-state index contributed by atoms with van der Waals surface area (Å²) in [4.78, 5) is 29.6. The molecule has 0 spiro atoms. The normalized spacial score (nSPS) is 11.9. The molecule has 7 nitrogen and oxygen atoms in total. The van der Waals surface area contributed by atoms with E-state index in [-0.39, 0.29) is 11.5 Å². The summed E-state index contributed by atoms with van der Waals surface area (Å²) < 4.78 is 12.6. The topological polar surface area (TPSA) is 86.7 Å². The monoisotopic (exact) mass is 477 g/mol. The van der Waals surface area contributed by atoms with Crippen molar-refractivity contribution in [3.8, 4) is 22.7 Å². The van der Waals surface area contributed by atoms with Crippen LogP contribution in [0.5, 0.6) is 0 Å². The molecule has 164 valence electrons. The maximum atomic E-state index is 12.8. The molecule has 2 aromatic carbocycles. The number of aromatic nitrogens is 3. The fourth-order valence-corrected chi connectivity index (χ4v) is 4.36. The molecule has 33 heavy (non-hydrogen) atoms. The molecule has 0 aliphatic rings. The molecule has 0 unspecified atom stereocenters. The lowest BCUT2D eigenvalue weighted by molar-refractivity contribution is 0.0526. The molecule has 0 saturated carbocycles. The van der Waals surface area contributed by atoms with Gasteiger partial charge in [0.25, 0.3) is 5.56 Å². The maximum Gasteiger partial charge on any atom is 0.338 e. The number of halogens is 1. The summed E-state index contributed by atoms with van der Waals surface area (Å²) in [6.07, 6.45) is 1.67. The summed E-state index contributed by atoms with van der Waals surface area (Å²) in [6.45, 7) is 2.09. The Bertz CT molecular complexity index is 1580. The summed E-state index contributed by atoms with van der Waals surface area (Å²) in [5, 5.41) is 4.91. The van der Waals surface area contributed by atoms with Gasteiger partial charge in [-0.15, -0.1) is 5.10 Å². The summed E-state index contributed by atoms with van der Waals surface area (Å²) in [7, 11) is 0. The van der Waals surface area contributed by atoms with Crippen LogP contribution in [-0.2, 0) is 4.74 Å². The van der Waals surface area contributed by atoms with E-state index in [4.69, 9.17) is 20.8 Å². The standard InChI is InChI=1S/C24H16ClN3O4S/c1-2-31-23(30)15-8-6-14(7-9-15)19-11-10-18(32-19)13-20-22(29)28-24(33-20)26-21(27-28)16-4-3-5-17(25)12-16/h3-13H,2H2,1H3. The summed E-state index contributed by atoms with van der Waals surface area (Å²) in [5.41, 5.74) is 1.75. The molecule has 0 amide bonds. The van der Waals surface area contributed by atoms with Crippen molar-refractivity contribution in [3.05, 3.63) is 91.9 Å². The van der Waals surface area contributed by atoms with E-state index in [9.17, 15) is 9.59 Å². The van der Waals surface area contributed by atoms with Crippen LogP contribution in [0.2, 0.25) is 5.02 Å². The highest BCUT2D eigenvalue weighted by Gasteiger charge is 2.13. The third-order valence-corrected chi connectivity index (χ3v) is 6.04. The third-order valence-electron chi connectivity index (χ3n) is 4.85. The van der Waals surface area contributed by atoms with E-state index in [1.165, 1.54) is 15.9 Å². The maximum absolute atomic E-state index is 12.8. The Hall–Kier alpha value is -3.75. The van der Waals surface area contributed by atoms with E-state index in [1.807, 2.05) is 18.2 Å². The van der Waals surface area contributed by atoms with Crippen LogP contribution in [0.15, 0.2) is 69.9 Å². The molecule has 0 aliphatic heterocycles. The molecular weight excluding hydrogens is 462 g/mol. The van der Waals surface area contributed by atoms with Crippen LogP contribution in [0.3, 0.4) is 0 Å². The molecule has 0 radical (unpaired) electrons. The zero-order valence-corrected chi connectivity index (χ0v) is 18.9. The van der Waals surface area contributed by atoms with Gasteiger partial charge in [-0.05, 0) is 43.3 Å². The van der Waals surface area contributed by atoms with Crippen molar-refractivity contribution < 1.29 is 13.9 Å². The predicted octanol–water partition coefficient (Wildman–Crippen LogP) is 4.46. The number of ether oxygens (including phenoxy) is 1. The van der Waals surface area contributed by atoms with Gasteiger partial charge >= 0.3 is 5.97 Å². The predicted molar refractivity (Wildman–Crippen MR) is 126 cm³/mol. The summed E-state index contributed by atoms with van der Waals surface area (Å²) >= 11 is 7.27. The van der Waals surface area contributed by atoms with E-state index in [2.05, 4.69) is 10.1 Å². The molecule has 5 aromatic rings. The first-order valence-electron chi connectivity index (χ1n) is 10.1. The van der Waals surface area contributed by atoms with Crippen molar-refractivity contribution in [2.24, 2.45) is 0 Å². The van der Waals surface area contributed by atoms with E-state index < -0.39 is 0 Å². The van der Waals surface area contributed by atoms with Crippen molar-refractivity contribution in [1.82, 2.24) is 14.6 Å². The number of carbonyl (C=O) groups is 1. The number of rotatable bonds is 5. The van der Waals surface area contributed by atoms with E-state index in [0.29, 0.717) is 44.0 Å². The average Bonchev–Trinajstić information content (AvgIpc) is 3.52. The lowest BCUT2D eigenvalue weighted by Gasteiger charge is -2.02. The minimum absolute atomic E-state index is 0.271. The number of benzene rings is 2. The molecule has 0 bridgehead atoms.